The molecule has 0 rings (SSSR count). The number of rotatable bonds is 27. The van der Waals surface area contributed by atoms with Crippen molar-refractivity contribution < 1.29 is 27.2 Å². The van der Waals surface area contributed by atoms with Crippen LogP contribution in [0, 0.1) is 0 Å². The summed E-state index contributed by atoms with van der Waals surface area (Å²) in [4.78, 5) is 9.67. The SMILES string of the molecule is CCCCCCCCCCCCCCCCCCS(=O)CCCCOP(=O)(O)OCC[N+](C)(C)C. The second-order valence-electron chi connectivity index (χ2n) is 11.0. The van der Waals surface area contributed by atoms with E-state index in [9.17, 15) is 13.7 Å². The largest absolute Gasteiger partial charge is 0.472 e. The fourth-order valence-electron chi connectivity index (χ4n) is 3.93. The molecule has 0 aliphatic heterocycles. The van der Waals surface area contributed by atoms with E-state index in [1.807, 2.05) is 21.1 Å². The van der Waals surface area contributed by atoms with Crippen molar-refractivity contribution in [3.8, 4) is 0 Å². The fraction of sp³-hybridized carbons (Fsp3) is 1.00. The van der Waals surface area contributed by atoms with E-state index in [0.717, 1.165) is 18.6 Å². The van der Waals surface area contributed by atoms with Crippen molar-refractivity contribution in [1.29, 1.82) is 0 Å². The molecule has 0 aliphatic carbocycles. The van der Waals surface area contributed by atoms with Crippen molar-refractivity contribution in [3.05, 3.63) is 0 Å². The minimum absolute atomic E-state index is 0.161. The third kappa shape index (κ3) is 28.6. The Hall–Kier alpha value is 0.220. The minimum atomic E-state index is -3.98. The van der Waals surface area contributed by atoms with Gasteiger partial charge in [0.25, 0.3) is 0 Å². The molecule has 2 atom stereocenters. The quantitative estimate of drug-likeness (QED) is 0.0659. The third-order valence-electron chi connectivity index (χ3n) is 6.26. The highest BCUT2D eigenvalue weighted by molar-refractivity contribution is 7.84. The summed E-state index contributed by atoms with van der Waals surface area (Å²) in [5, 5.41) is 0. The van der Waals surface area contributed by atoms with Crippen molar-refractivity contribution in [3.63, 3.8) is 0 Å². The monoisotopic (exact) mass is 540 g/mol. The minimum Gasteiger partial charge on any atom is -0.329 e. The topological polar surface area (TPSA) is 72.8 Å². The van der Waals surface area contributed by atoms with Crippen LogP contribution in [0.15, 0.2) is 0 Å². The summed E-state index contributed by atoms with van der Waals surface area (Å²) < 4.78 is 34.6. The first-order valence-electron chi connectivity index (χ1n) is 14.4. The molecule has 0 amide bonds. The number of nitrogens with zero attached hydrogens (tertiary/aromatic N) is 1. The van der Waals surface area contributed by atoms with Crippen LogP contribution < -0.4 is 0 Å². The van der Waals surface area contributed by atoms with Gasteiger partial charge in [0.15, 0.2) is 0 Å². The van der Waals surface area contributed by atoms with Crippen LogP contribution in [0.3, 0.4) is 0 Å². The normalized spacial score (nSPS) is 14.8. The van der Waals surface area contributed by atoms with Gasteiger partial charge in [-0.3, -0.25) is 13.3 Å². The van der Waals surface area contributed by atoms with E-state index in [0.29, 0.717) is 23.2 Å². The Bertz CT molecular complexity index is 542. The van der Waals surface area contributed by atoms with E-state index < -0.39 is 18.6 Å². The Labute approximate surface area is 220 Å². The van der Waals surface area contributed by atoms with Crippen LogP contribution in [0.1, 0.15) is 122 Å². The predicted molar refractivity (Wildman–Crippen MR) is 151 cm³/mol. The highest BCUT2D eigenvalue weighted by atomic mass is 32.2. The van der Waals surface area contributed by atoms with Gasteiger partial charge >= 0.3 is 7.82 Å². The number of phosphoric acid groups is 1. The van der Waals surface area contributed by atoms with Gasteiger partial charge in [-0.05, 0) is 19.3 Å². The molecule has 0 aromatic rings. The van der Waals surface area contributed by atoms with E-state index in [-0.39, 0.29) is 13.2 Å². The smallest absolute Gasteiger partial charge is 0.329 e. The average Bonchev–Trinajstić information content (AvgIpc) is 2.77. The lowest BCUT2D eigenvalue weighted by Gasteiger charge is -2.24. The molecule has 35 heavy (non-hydrogen) atoms. The van der Waals surface area contributed by atoms with E-state index in [1.165, 1.54) is 96.3 Å². The molecule has 0 aromatic heterocycles. The summed E-state index contributed by atoms with van der Waals surface area (Å²) in [7, 11) is 1.20. The number of phosphoric ester groups is 1. The van der Waals surface area contributed by atoms with Gasteiger partial charge in [0, 0.05) is 22.3 Å². The van der Waals surface area contributed by atoms with Gasteiger partial charge in [-0.1, -0.05) is 103 Å². The van der Waals surface area contributed by atoms with Crippen LogP contribution in [0.4, 0.5) is 0 Å². The van der Waals surface area contributed by atoms with Crippen molar-refractivity contribution in [2.24, 2.45) is 0 Å². The Kier molecular flexibility index (Phi) is 23.5. The Morgan fingerprint density at radius 3 is 1.43 bits per heavy atom. The summed E-state index contributed by atoms with van der Waals surface area (Å²) in [6.45, 7) is 3.25. The molecule has 2 unspecified atom stereocenters. The van der Waals surface area contributed by atoms with Gasteiger partial charge in [-0.15, -0.1) is 0 Å². The lowest BCUT2D eigenvalue weighted by Crippen LogP contribution is -2.37. The second kappa shape index (κ2) is 23.3. The summed E-state index contributed by atoms with van der Waals surface area (Å²) in [6.07, 6.45) is 22.9. The average molecular weight is 541 g/mol. The Morgan fingerprint density at radius 2 is 1.00 bits per heavy atom. The first-order chi connectivity index (χ1) is 16.7. The van der Waals surface area contributed by atoms with Crippen molar-refractivity contribution in [1.82, 2.24) is 0 Å². The van der Waals surface area contributed by atoms with Gasteiger partial charge in [-0.2, -0.15) is 0 Å². The molecular weight excluding hydrogens is 481 g/mol. The summed E-state index contributed by atoms with van der Waals surface area (Å²) >= 11 is 0. The van der Waals surface area contributed by atoms with Crippen molar-refractivity contribution >= 4 is 18.6 Å². The van der Waals surface area contributed by atoms with E-state index in [2.05, 4.69) is 6.92 Å². The van der Waals surface area contributed by atoms with Crippen LogP contribution >= 0.6 is 7.82 Å². The van der Waals surface area contributed by atoms with Gasteiger partial charge < -0.3 is 9.38 Å². The van der Waals surface area contributed by atoms with Crippen LogP contribution in [0.5, 0.6) is 0 Å². The lowest BCUT2D eigenvalue weighted by molar-refractivity contribution is -0.870. The van der Waals surface area contributed by atoms with Crippen molar-refractivity contribution in [2.45, 2.75) is 122 Å². The van der Waals surface area contributed by atoms with Gasteiger partial charge in [0.05, 0.1) is 27.7 Å². The molecule has 212 valence electrons. The Balaban J connectivity index is 3.37. The molecule has 0 saturated carbocycles. The standard InChI is InChI=1S/C27H58NO5PS/c1-5-6-7-8-9-10-11-12-13-14-15-16-17-18-19-21-26-35(31)27-22-20-24-32-34(29,30)33-25-23-28(2,3)4/h5-27H2,1-4H3/p+1. The third-order valence-corrected chi connectivity index (χ3v) is 8.77. The molecular formula is C27H59NO5PS+. The number of quaternary nitrogens is 1. The highest BCUT2D eigenvalue weighted by Crippen LogP contribution is 2.43. The number of unbranched alkanes of at least 4 members (excludes halogenated alkanes) is 16. The highest BCUT2D eigenvalue weighted by Gasteiger charge is 2.22. The maximum atomic E-state index is 12.1. The molecule has 0 aromatic carbocycles. The number of likely N-dealkylation sites (N-methyl/N-ethyl adjacent to an activating group) is 1. The first kappa shape index (κ1) is 35.2. The van der Waals surface area contributed by atoms with Crippen molar-refractivity contribution in [2.75, 3.05) is 52.4 Å². The summed E-state index contributed by atoms with van der Waals surface area (Å²) in [5.74, 6) is 1.41. The molecule has 0 fully saturated rings. The van der Waals surface area contributed by atoms with Crippen LogP contribution in [-0.4, -0.2) is 66.0 Å². The Morgan fingerprint density at radius 1 is 0.629 bits per heavy atom. The molecule has 8 heteroatoms. The molecule has 0 spiro atoms. The fourth-order valence-corrected chi connectivity index (χ4v) is 5.93. The van der Waals surface area contributed by atoms with Crippen LogP contribution in [-0.2, 0) is 24.4 Å². The van der Waals surface area contributed by atoms with E-state index >= 15 is 0 Å². The molecule has 0 radical (unpaired) electrons. The van der Waals surface area contributed by atoms with Crippen LogP contribution in [0.25, 0.3) is 0 Å². The zero-order valence-corrected chi connectivity index (χ0v) is 25.4. The van der Waals surface area contributed by atoms with Crippen LogP contribution in [0.2, 0.25) is 0 Å². The molecule has 0 saturated heterocycles. The second-order valence-corrected chi connectivity index (χ2v) is 14.2. The molecule has 1 N–H and O–H groups in total. The maximum absolute atomic E-state index is 12.1. The zero-order chi connectivity index (χ0) is 26.3. The van der Waals surface area contributed by atoms with E-state index in [4.69, 9.17) is 9.05 Å². The predicted octanol–water partition coefficient (Wildman–Crippen LogP) is 7.62. The first-order valence-corrected chi connectivity index (χ1v) is 17.4. The molecule has 0 heterocycles. The van der Waals surface area contributed by atoms with Gasteiger partial charge in [-0.25, -0.2) is 4.57 Å². The molecule has 0 bridgehead atoms. The van der Waals surface area contributed by atoms with Gasteiger partial charge in [0.2, 0.25) is 0 Å². The summed E-state index contributed by atoms with van der Waals surface area (Å²) in [5.41, 5.74) is 0. The van der Waals surface area contributed by atoms with E-state index in [1.54, 1.807) is 0 Å². The zero-order valence-electron chi connectivity index (χ0n) is 23.6. The lowest BCUT2D eigenvalue weighted by atomic mass is 10.0. The summed E-state index contributed by atoms with van der Waals surface area (Å²) in [6, 6.07) is 0. The maximum Gasteiger partial charge on any atom is 0.472 e. The molecule has 6 nitrogen and oxygen atoms in total. The van der Waals surface area contributed by atoms with Gasteiger partial charge in [0.1, 0.15) is 13.2 Å². The molecule has 0 aliphatic rings. The number of hydrogen-bond acceptors (Lipinski definition) is 4. The number of hydrogen-bond donors (Lipinski definition) is 1.